The van der Waals surface area contributed by atoms with Crippen molar-refractivity contribution in [2.75, 3.05) is 20.6 Å². The van der Waals surface area contributed by atoms with E-state index in [4.69, 9.17) is 0 Å². The number of aryl methyl sites for hydroxylation is 2. The third-order valence-corrected chi connectivity index (χ3v) is 5.82. The van der Waals surface area contributed by atoms with Gasteiger partial charge in [-0.25, -0.2) is 13.1 Å². The predicted molar refractivity (Wildman–Crippen MR) is 73.5 cm³/mol. The van der Waals surface area contributed by atoms with Crippen LogP contribution in [0.2, 0.25) is 0 Å². The Morgan fingerprint density at radius 2 is 2.00 bits per heavy atom. The van der Waals surface area contributed by atoms with Gasteiger partial charge in [0, 0.05) is 12.1 Å². The van der Waals surface area contributed by atoms with E-state index < -0.39 is 10.0 Å². The summed E-state index contributed by atoms with van der Waals surface area (Å²) in [4.78, 5) is 2.40. The minimum absolute atomic E-state index is 0.0292. The van der Waals surface area contributed by atoms with Gasteiger partial charge in [0.15, 0.2) is 0 Å². The van der Waals surface area contributed by atoms with Gasteiger partial charge in [-0.1, -0.05) is 0 Å². The van der Waals surface area contributed by atoms with Crippen LogP contribution >= 0.6 is 0 Å². The Balaban J connectivity index is 2.15. The number of nitrogens with zero attached hydrogens (tertiary/aromatic N) is 2. The summed E-state index contributed by atoms with van der Waals surface area (Å²) in [5.74, 6) is 0. The Morgan fingerprint density at radius 1 is 1.37 bits per heavy atom. The van der Waals surface area contributed by atoms with Crippen LogP contribution in [0.3, 0.4) is 0 Å². The van der Waals surface area contributed by atoms with Crippen molar-refractivity contribution in [3.8, 4) is 0 Å². The van der Waals surface area contributed by atoms with E-state index in [1.165, 1.54) is 0 Å². The van der Waals surface area contributed by atoms with Crippen LogP contribution in [0.5, 0.6) is 0 Å². The van der Waals surface area contributed by atoms with Crippen LogP contribution in [0.15, 0.2) is 4.90 Å². The van der Waals surface area contributed by atoms with Crippen molar-refractivity contribution in [2.45, 2.75) is 43.5 Å². The molecule has 1 aliphatic carbocycles. The summed E-state index contributed by atoms with van der Waals surface area (Å²) in [5, 5.41) is 6.65. The van der Waals surface area contributed by atoms with Gasteiger partial charge in [-0.15, -0.1) is 0 Å². The van der Waals surface area contributed by atoms with E-state index in [0.29, 0.717) is 17.9 Å². The molecule has 1 saturated carbocycles. The molecule has 0 bridgehead atoms. The standard InChI is InChI=1S/C12H22N4O2S/c1-9-11(10(2)15-14-9)19(17,18)13-8-12(16(3)4)6-5-7-12/h13H,5-8H2,1-4H3,(H,14,15). The molecule has 19 heavy (non-hydrogen) atoms. The van der Waals surface area contributed by atoms with E-state index in [2.05, 4.69) is 19.8 Å². The molecule has 108 valence electrons. The van der Waals surface area contributed by atoms with E-state index >= 15 is 0 Å². The fourth-order valence-electron chi connectivity index (χ4n) is 2.61. The normalized spacial score (nSPS) is 18.6. The summed E-state index contributed by atoms with van der Waals surface area (Å²) in [7, 11) is 0.512. The lowest BCUT2D eigenvalue weighted by Crippen LogP contribution is -2.57. The zero-order valence-corrected chi connectivity index (χ0v) is 12.8. The maximum absolute atomic E-state index is 12.4. The SMILES string of the molecule is Cc1n[nH]c(C)c1S(=O)(=O)NCC1(N(C)C)CCC1. The third kappa shape index (κ3) is 2.54. The predicted octanol–water partition coefficient (Wildman–Crippen LogP) is 0.789. The average molecular weight is 286 g/mol. The Bertz CT molecular complexity index is 539. The van der Waals surface area contributed by atoms with Crippen molar-refractivity contribution in [3.63, 3.8) is 0 Å². The van der Waals surface area contributed by atoms with Gasteiger partial charge in [-0.05, 0) is 47.2 Å². The number of aromatic nitrogens is 2. The minimum atomic E-state index is -3.49. The maximum atomic E-state index is 12.4. The van der Waals surface area contributed by atoms with Crippen molar-refractivity contribution in [1.82, 2.24) is 19.8 Å². The molecule has 0 aliphatic heterocycles. The van der Waals surface area contributed by atoms with E-state index in [1.54, 1.807) is 13.8 Å². The van der Waals surface area contributed by atoms with Gasteiger partial charge in [-0.3, -0.25) is 5.10 Å². The molecule has 0 aromatic carbocycles. The molecule has 1 heterocycles. The molecule has 0 radical (unpaired) electrons. The second kappa shape index (κ2) is 4.88. The van der Waals surface area contributed by atoms with Crippen LogP contribution < -0.4 is 4.72 Å². The lowest BCUT2D eigenvalue weighted by Gasteiger charge is -2.47. The molecule has 0 atom stereocenters. The fourth-order valence-corrected chi connectivity index (χ4v) is 4.09. The first-order chi connectivity index (χ1) is 8.78. The molecule has 0 unspecified atom stereocenters. The van der Waals surface area contributed by atoms with Crippen molar-refractivity contribution in [1.29, 1.82) is 0 Å². The second-order valence-electron chi connectivity index (χ2n) is 5.56. The number of sulfonamides is 1. The highest BCUT2D eigenvalue weighted by molar-refractivity contribution is 7.89. The molecule has 1 aliphatic rings. The molecule has 0 spiro atoms. The summed E-state index contributed by atoms with van der Waals surface area (Å²) < 4.78 is 27.4. The van der Waals surface area contributed by atoms with Crippen molar-refractivity contribution >= 4 is 10.0 Å². The highest BCUT2D eigenvalue weighted by Gasteiger charge is 2.40. The van der Waals surface area contributed by atoms with Gasteiger partial charge in [-0.2, -0.15) is 5.10 Å². The largest absolute Gasteiger partial charge is 0.302 e. The number of H-pyrrole nitrogens is 1. The van der Waals surface area contributed by atoms with E-state index in [1.807, 2.05) is 14.1 Å². The molecule has 2 rings (SSSR count). The smallest absolute Gasteiger partial charge is 0.244 e. The third-order valence-electron chi connectivity index (χ3n) is 4.15. The lowest BCUT2D eigenvalue weighted by molar-refractivity contribution is 0.0656. The second-order valence-corrected chi connectivity index (χ2v) is 7.26. The Kier molecular flexibility index (Phi) is 3.72. The summed E-state index contributed by atoms with van der Waals surface area (Å²) >= 11 is 0. The number of hydrogen-bond acceptors (Lipinski definition) is 4. The van der Waals surface area contributed by atoms with Gasteiger partial charge in [0.25, 0.3) is 0 Å². The molecule has 1 aromatic heterocycles. The van der Waals surface area contributed by atoms with E-state index in [-0.39, 0.29) is 10.4 Å². The van der Waals surface area contributed by atoms with Crippen LogP contribution in [0, 0.1) is 13.8 Å². The number of aromatic amines is 1. The van der Waals surface area contributed by atoms with E-state index in [9.17, 15) is 8.42 Å². The highest BCUT2D eigenvalue weighted by Crippen LogP contribution is 2.35. The van der Waals surface area contributed by atoms with Gasteiger partial charge < -0.3 is 4.90 Å². The molecular weight excluding hydrogens is 264 g/mol. The number of nitrogens with one attached hydrogen (secondary N) is 2. The van der Waals surface area contributed by atoms with Crippen LogP contribution in [0.25, 0.3) is 0 Å². The summed E-state index contributed by atoms with van der Waals surface area (Å²) in [6.07, 6.45) is 3.22. The zero-order valence-electron chi connectivity index (χ0n) is 11.9. The van der Waals surface area contributed by atoms with Crippen molar-refractivity contribution in [2.24, 2.45) is 0 Å². The molecule has 1 aromatic rings. The Morgan fingerprint density at radius 3 is 2.37 bits per heavy atom. The number of rotatable bonds is 5. The molecule has 2 N–H and O–H groups in total. The molecular formula is C12H22N4O2S. The van der Waals surface area contributed by atoms with E-state index in [0.717, 1.165) is 19.3 Å². The highest BCUT2D eigenvalue weighted by atomic mass is 32.2. The minimum Gasteiger partial charge on any atom is -0.302 e. The Hall–Kier alpha value is -0.920. The number of likely N-dealkylation sites (N-methyl/N-ethyl adjacent to an activating group) is 1. The summed E-state index contributed by atoms with van der Waals surface area (Å²) in [6, 6.07) is 0. The quantitative estimate of drug-likeness (QED) is 0.839. The molecule has 0 saturated heterocycles. The van der Waals surface area contributed by atoms with Gasteiger partial charge in [0.1, 0.15) is 4.90 Å². The maximum Gasteiger partial charge on any atom is 0.244 e. The molecule has 0 amide bonds. The molecule has 1 fully saturated rings. The van der Waals surface area contributed by atoms with Crippen LogP contribution in [0.4, 0.5) is 0 Å². The molecule has 6 nitrogen and oxygen atoms in total. The first-order valence-electron chi connectivity index (χ1n) is 6.47. The zero-order chi connectivity index (χ0) is 14.3. The van der Waals surface area contributed by atoms with Gasteiger partial charge in [0.2, 0.25) is 10.0 Å². The first kappa shape index (κ1) is 14.5. The number of hydrogen-bond donors (Lipinski definition) is 2. The lowest BCUT2D eigenvalue weighted by atomic mass is 9.76. The topological polar surface area (TPSA) is 78.1 Å². The Labute approximate surface area is 114 Å². The summed E-state index contributed by atoms with van der Waals surface area (Å²) in [5.41, 5.74) is 1.06. The molecule has 7 heteroatoms. The average Bonchev–Trinajstić information content (AvgIpc) is 2.56. The van der Waals surface area contributed by atoms with Crippen molar-refractivity contribution < 1.29 is 8.42 Å². The van der Waals surface area contributed by atoms with Crippen molar-refractivity contribution in [3.05, 3.63) is 11.4 Å². The van der Waals surface area contributed by atoms with Crippen LogP contribution in [0.1, 0.15) is 30.7 Å². The first-order valence-corrected chi connectivity index (χ1v) is 7.95. The van der Waals surface area contributed by atoms with Crippen LogP contribution in [-0.4, -0.2) is 49.7 Å². The summed E-state index contributed by atoms with van der Waals surface area (Å²) in [6.45, 7) is 3.87. The fraction of sp³-hybridized carbons (Fsp3) is 0.750. The monoisotopic (exact) mass is 286 g/mol. The van der Waals surface area contributed by atoms with Gasteiger partial charge >= 0.3 is 0 Å². The van der Waals surface area contributed by atoms with Gasteiger partial charge in [0.05, 0.1) is 11.4 Å². The van der Waals surface area contributed by atoms with Crippen LogP contribution in [-0.2, 0) is 10.0 Å².